The van der Waals surface area contributed by atoms with E-state index in [9.17, 15) is 4.79 Å². The van der Waals surface area contributed by atoms with Crippen molar-refractivity contribution in [3.05, 3.63) is 23.3 Å². The first-order valence-electron chi connectivity index (χ1n) is 7.10. The number of thiazole rings is 1. The Morgan fingerprint density at radius 2 is 2.00 bits per heavy atom. The molecule has 2 heterocycles. The number of anilines is 1. The van der Waals surface area contributed by atoms with Crippen LogP contribution < -0.4 is 4.90 Å². The standard InChI is InChI=1S/C15H19N3O2S/c1-10-3-4-12-14(11(10)2)16-15(21-12)18-7-5-17(6-8-18)9-13(19)20/h3-4H,5-9H2,1-2H3,(H,19,20). The summed E-state index contributed by atoms with van der Waals surface area (Å²) in [5.74, 6) is -0.755. The molecule has 0 saturated carbocycles. The topological polar surface area (TPSA) is 56.7 Å². The molecule has 6 heteroatoms. The highest BCUT2D eigenvalue weighted by molar-refractivity contribution is 7.22. The molecule has 1 aliphatic heterocycles. The lowest BCUT2D eigenvalue weighted by Gasteiger charge is -2.33. The SMILES string of the molecule is Cc1ccc2sc(N3CCN(CC(=O)O)CC3)nc2c1C. The van der Waals surface area contributed by atoms with E-state index in [-0.39, 0.29) is 6.54 Å². The summed E-state index contributed by atoms with van der Waals surface area (Å²) in [6.45, 7) is 7.59. The van der Waals surface area contributed by atoms with E-state index in [2.05, 4.69) is 30.9 Å². The number of hydrogen-bond donors (Lipinski definition) is 1. The monoisotopic (exact) mass is 305 g/mol. The van der Waals surface area contributed by atoms with Crippen LogP contribution in [0.15, 0.2) is 12.1 Å². The normalized spacial score (nSPS) is 16.6. The molecule has 1 N–H and O–H groups in total. The van der Waals surface area contributed by atoms with Crippen LogP contribution in [-0.2, 0) is 4.79 Å². The number of fused-ring (bicyclic) bond motifs is 1. The predicted octanol–water partition coefficient (Wildman–Crippen LogP) is 2.12. The van der Waals surface area contributed by atoms with E-state index < -0.39 is 5.97 Å². The molecule has 1 aromatic heterocycles. The molecule has 5 nitrogen and oxygen atoms in total. The Labute approximate surface area is 127 Å². The van der Waals surface area contributed by atoms with E-state index in [1.807, 2.05) is 4.90 Å². The van der Waals surface area contributed by atoms with E-state index in [0.717, 1.165) is 36.8 Å². The van der Waals surface area contributed by atoms with Crippen LogP contribution in [0.3, 0.4) is 0 Å². The average Bonchev–Trinajstić information content (AvgIpc) is 2.88. The maximum atomic E-state index is 10.7. The van der Waals surface area contributed by atoms with Crippen molar-refractivity contribution in [2.75, 3.05) is 37.6 Å². The first-order chi connectivity index (χ1) is 10.0. The number of hydrogen-bond acceptors (Lipinski definition) is 5. The van der Waals surface area contributed by atoms with Crippen LogP contribution >= 0.6 is 11.3 Å². The van der Waals surface area contributed by atoms with Crippen molar-refractivity contribution in [1.29, 1.82) is 0 Å². The van der Waals surface area contributed by atoms with E-state index >= 15 is 0 Å². The molecule has 1 aromatic carbocycles. The van der Waals surface area contributed by atoms with Gasteiger partial charge in [-0.25, -0.2) is 4.98 Å². The molecule has 21 heavy (non-hydrogen) atoms. The Morgan fingerprint density at radius 3 is 2.67 bits per heavy atom. The number of aromatic nitrogens is 1. The lowest BCUT2D eigenvalue weighted by atomic mass is 10.1. The zero-order valence-corrected chi connectivity index (χ0v) is 13.1. The molecule has 0 amide bonds. The molecule has 0 spiro atoms. The lowest BCUT2D eigenvalue weighted by Crippen LogP contribution is -2.47. The van der Waals surface area contributed by atoms with Crippen molar-refractivity contribution < 1.29 is 9.90 Å². The number of nitrogens with zero attached hydrogens (tertiary/aromatic N) is 3. The molecular weight excluding hydrogens is 286 g/mol. The maximum absolute atomic E-state index is 10.7. The zero-order chi connectivity index (χ0) is 15.0. The average molecular weight is 305 g/mol. The number of aliphatic carboxylic acids is 1. The van der Waals surface area contributed by atoms with Gasteiger partial charge in [0.25, 0.3) is 0 Å². The second-order valence-corrected chi connectivity index (χ2v) is 6.52. The molecule has 1 saturated heterocycles. The van der Waals surface area contributed by atoms with Gasteiger partial charge in [-0.15, -0.1) is 0 Å². The minimum absolute atomic E-state index is 0.131. The number of benzene rings is 1. The molecule has 2 aromatic rings. The quantitative estimate of drug-likeness (QED) is 0.941. The molecular formula is C15H19N3O2S. The van der Waals surface area contributed by atoms with E-state index in [1.54, 1.807) is 11.3 Å². The maximum Gasteiger partial charge on any atom is 0.317 e. The van der Waals surface area contributed by atoms with Crippen LogP contribution in [0.5, 0.6) is 0 Å². The van der Waals surface area contributed by atoms with Crippen LogP contribution in [-0.4, -0.2) is 53.7 Å². The van der Waals surface area contributed by atoms with Crippen LogP contribution in [0.1, 0.15) is 11.1 Å². The van der Waals surface area contributed by atoms with Gasteiger partial charge >= 0.3 is 5.97 Å². The van der Waals surface area contributed by atoms with Gasteiger partial charge in [0.2, 0.25) is 0 Å². The summed E-state index contributed by atoms with van der Waals surface area (Å²) < 4.78 is 1.22. The van der Waals surface area contributed by atoms with Gasteiger partial charge in [0.15, 0.2) is 5.13 Å². The van der Waals surface area contributed by atoms with Gasteiger partial charge in [0, 0.05) is 26.2 Å². The summed E-state index contributed by atoms with van der Waals surface area (Å²) >= 11 is 1.72. The van der Waals surface area contributed by atoms with Gasteiger partial charge < -0.3 is 10.0 Å². The van der Waals surface area contributed by atoms with Gasteiger partial charge in [-0.3, -0.25) is 9.69 Å². The number of aryl methyl sites for hydroxylation is 2. The summed E-state index contributed by atoms with van der Waals surface area (Å²) in [5.41, 5.74) is 3.62. The first-order valence-corrected chi connectivity index (χ1v) is 7.92. The highest BCUT2D eigenvalue weighted by Gasteiger charge is 2.21. The fourth-order valence-electron chi connectivity index (χ4n) is 2.64. The molecule has 0 unspecified atom stereocenters. The summed E-state index contributed by atoms with van der Waals surface area (Å²) in [5, 5.41) is 9.88. The van der Waals surface area contributed by atoms with Gasteiger partial charge in [-0.2, -0.15) is 0 Å². The largest absolute Gasteiger partial charge is 0.480 e. The minimum atomic E-state index is -0.755. The third-order valence-electron chi connectivity index (χ3n) is 4.08. The van der Waals surface area contributed by atoms with Gasteiger partial charge in [0.1, 0.15) is 0 Å². The van der Waals surface area contributed by atoms with E-state index in [1.165, 1.54) is 15.8 Å². The third-order valence-corrected chi connectivity index (χ3v) is 5.16. The molecule has 112 valence electrons. The highest BCUT2D eigenvalue weighted by Crippen LogP contribution is 2.32. The molecule has 0 aliphatic carbocycles. The number of carboxylic acid groups (broad SMARTS) is 1. The summed E-state index contributed by atoms with van der Waals surface area (Å²) in [4.78, 5) is 19.8. The fraction of sp³-hybridized carbons (Fsp3) is 0.467. The summed E-state index contributed by atoms with van der Waals surface area (Å²) in [7, 11) is 0. The Kier molecular flexibility index (Phi) is 3.82. The Morgan fingerprint density at radius 1 is 1.29 bits per heavy atom. The number of carboxylic acids is 1. The number of rotatable bonds is 3. The second kappa shape index (κ2) is 5.61. The van der Waals surface area contributed by atoms with Gasteiger partial charge in [-0.05, 0) is 31.0 Å². The van der Waals surface area contributed by atoms with Crippen molar-refractivity contribution in [3.8, 4) is 0 Å². The molecule has 0 atom stereocenters. The molecule has 1 fully saturated rings. The van der Waals surface area contributed by atoms with Crippen molar-refractivity contribution >= 4 is 32.7 Å². The first kappa shape index (κ1) is 14.3. The number of carbonyl (C=O) groups is 1. The van der Waals surface area contributed by atoms with Crippen molar-refractivity contribution in [2.45, 2.75) is 13.8 Å². The highest BCUT2D eigenvalue weighted by atomic mass is 32.1. The Balaban J connectivity index is 1.77. The van der Waals surface area contributed by atoms with Crippen molar-refractivity contribution in [2.24, 2.45) is 0 Å². The predicted molar refractivity (Wildman–Crippen MR) is 85.4 cm³/mol. The molecule has 3 rings (SSSR count). The fourth-order valence-corrected chi connectivity index (χ4v) is 3.71. The van der Waals surface area contributed by atoms with Crippen molar-refractivity contribution in [3.63, 3.8) is 0 Å². The summed E-state index contributed by atoms with van der Waals surface area (Å²) in [6.07, 6.45) is 0. The number of piperazine rings is 1. The minimum Gasteiger partial charge on any atom is -0.480 e. The van der Waals surface area contributed by atoms with Crippen molar-refractivity contribution in [1.82, 2.24) is 9.88 Å². The van der Waals surface area contributed by atoms with E-state index in [0.29, 0.717) is 0 Å². The Bertz CT molecular complexity index is 675. The molecule has 1 aliphatic rings. The lowest BCUT2D eigenvalue weighted by molar-refractivity contribution is -0.138. The van der Waals surface area contributed by atoms with Gasteiger partial charge in [-0.1, -0.05) is 17.4 Å². The summed E-state index contributed by atoms with van der Waals surface area (Å²) in [6, 6.07) is 4.28. The van der Waals surface area contributed by atoms with Gasteiger partial charge in [0.05, 0.1) is 16.8 Å². The van der Waals surface area contributed by atoms with Crippen LogP contribution in [0.4, 0.5) is 5.13 Å². The third kappa shape index (κ3) is 2.87. The van der Waals surface area contributed by atoms with E-state index in [4.69, 9.17) is 10.1 Å². The zero-order valence-electron chi connectivity index (χ0n) is 12.3. The second-order valence-electron chi connectivity index (χ2n) is 5.51. The smallest absolute Gasteiger partial charge is 0.317 e. The van der Waals surface area contributed by atoms with Crippen LogP contribution in [0.25, 0.3) is 10.2 Å². The van der Waals surface area contributed by atoms with Crippen LogP contribution in [0.2, 0.25) is 0 Å². The Hall–Kier alpha value is -1.66. The van der Waals surface area contributed by atoms with Crippen LogP contribution in [0, 0.1) is 13.8 Å². The molecule has 0 bridgehead atoms. The molecule has 0 radical (unpaired) electrons.